The highest BCUT2D eigenvalue weighted by atomic mass is 14.9. The van der Waals surface area contributed by atoms with Crippen molar-refractivity contribution in [3.63, 3.8) is 0 Å². The van der Waals surface area contributed by atoms with E-state index < -0.39 is 0 Å². The quantitative estimate of drug-likeness (QED) is 0.696. The molecular formula is C14H29N. The molecule has 0 amide bonds. The van der Waals surface area contributed by atoms with Crippen LogP contribution >= 0.6 is 0 Å². The molecule has 0 radical (unpaired) electrons. The second kappa shape index (κ2) is 6.52. The van der Waals surface area contributed by atoms with E-state index in [0.29, 0.717) is 5.41 Å². The maximum atomic E-state index is 3.78. The van der Waals surface area contributed by atoms with Gasteiger partial charge in [0.1, 0.15) is 0 Å². The summed E-state index contributed by atoms with van der Waals surface area (Å²) in [5, 5.41) is 3.78. The van der Waals surface area contributed by atoms with Crippen molar-refractivity contribution >= 4 is 0 Å². The van der Waals surface area contributed by atoms with Gasteiger partial charge in [0.05, 0.1) is 0 Å². The molecule has 0 spiro atoms. The average molecular weight is 211 g/mol. The van der Waals surface area contributed by atoms with E-state index in [1.54, 1.807) is 0 Å². The minimum Gasteiger partial charge on any atom is -0.313 e. The molecule has 0 aliphatic heterocycles. The Morgan fingerprint density at radius 3 is 2.27 bits per heavy atom. The van der Waals surface area contributed by atoms with Gasteiger partial charge < -0.3 is 5.32 Å². The van der Waals surface area contributed by atoms with Gasteiger partial charge in [-0.1, -0.05) is 46.5 Å². The third-order valence-electron chi connectivity index (χ3n) is 4.06. The zero-order valence-electron chi connectivity index (χ0n) is 10.9. The Labute approximate surface area is 96.0 Å². The SMILES string of the molecule is CCCNC(CCC)C1(C)CCCCC1. The van der Waals surface area contributed by atoms with Crippen LogP contribution in [0.3, 0.4) is 0 Å². The molecule has 1 saturated carbocycles. The normalized spacial score (nSPS) is 22.6. The van der Waals surface area contributed by atoms with Crippen molar-refractivity contribution in [2.75, 3.05) is 6.54 Å². The molecule has 0 bridgehead atoms. The van der Waals surface area contributed by atoms with Crippen LogP contribution in [0.25, 0.3) is 0 Å². The largest absolute Gasteiger partial charge is 0.313 e. The van der Waals surface area contributed by atoms with Crippen LogP contribution in [0.15, 0.2) is 0 Å². The van der Waals surface area contributed by atoms with E-state index in [1.165, 1.54) is 57.9 Å². The van der Waals surface area contributed by atoms with Gasteiger partial charge in [0.25, 0.3) is 0 Å². The number of hydrogen-bond donors (Lipinski definition) is 1. The molecule has 0 saturated heterocycles. The predicted octanol–water partition coefficient (Wildman–Crippen LogP) is 4.13. The summed E-state index contributed by atoms with van der Waals surface area (Å²) in [6, 6.07) is 0.766. The van der Waals surface area contributed by atoms with Crippen molar-refractivity contribution < 1.29 is 0 Å². The topological polar surface area (TPSA) is 12.0 Å². The zero-order chi connectivity index (χ0) is 11.1. The molecular weight excluding hydrogens is 182 g/mol. The molecule has 1 nitrogen and oxygen atoms in total. The maximum absolute atomic E-state index is 3.78. The summed E-state index contributed by atoms with van der Waals surface area (Å²) < 4.78 is 0. The molecule has 15 heavy (non-hydrogen) atoms. The van der Waals surface area contributed by atoms with Gasteiger partial charge in [-0.3, -0.25) is 0 Å². The molecule has 1 fully saturated rings. The fourth-order valence-corrected chi connectivity index (χ4v) is 3.01. The van der Waals surface area contributed by atoms with Crippen molar-refractivity contribution in [3.8, 4) is 0 Å². The van der Waals surface area contributed by atoms with Crippen LogP contribution in [-0.2, 0) is 0 Å². The first-order valence-electron chi connectivity index (χ1n) is 6.96. The van der Waals surface area contributed by atoms with Crippen molar-refractivity contribution in [2.24, 2.45) is 5.41 Å². The van der Waals surface area contributed by atoms with Gasteiger partial charge in [-0.25, -0.2) is 0 Å². The highest BCUT2D eigenvalue weighted by molar-refractivity contribution is 4.89. The summed E-state index contributed by atoms with van der Waals surface area (Å²) in [6.07, 6.45) is 11.2. The van der Waals surface area contributed by atoms with Crippen molar-refractivity contribution in [2.45, 2.75) is 78.2 Å². The minimum absolute atomic E-state index is 0.587. The Kier molecular flexibility index (Phi) is 5.66. The lowest BCUT2D eigenvalue weighted by molar-refractivity contribution is 0.137. The summed E-state index contributed by atoms with van der Waals surface area (Å²) in [5.74, 6) is 0. The Morgan fingerprint density at radius 2 is 1.73 bits per heavy atom. The van der Waals surface area contributed by atoms with E-state index in [0.717, 1.165) is 6.04 Å². The molecule has 1 aliphatic rings. The standard InChI is InChI=1S/C14H29N/c1-4-9-13(15-12-5-2)14(3)10-7-6-8-11-14/h13,15H,4-12H2,1-3H3. The first-order chi connectivity index (χ1) is 7.23. The highest BCUT2D eigenvalue weighted by Crippen LogP contribution is 2.40. The summed E-state index contributed by atoms with van der Waals surface area (Å²) in [6.45, 7) is 8.28. The van der Waals surface area contributed by atoms with Gasteiger partial charge in [-0.05, 0) is 37.6 Å². The third-order valence-corrected chi connectivity index (χ3v) is 4.06. The Morgan fingerprint density at radius 1 is 1.07 bits per heavy atom. The zero-order valence-corrected chi connectivity index (χ0v) is 10.9. The van der Waals surface area contributed by atoms with Crippen molar-refractivity contribution in [3.05, 3.63) is 0 Å². The van der Waals surface area contributed by atoms with E-state index in [4.69, 9.17) is 0 Å². The van der Waals surface area contributed by atoms with Crippen molar-refractivity contribution in [1.29, 1.82) is 0 Å². The highest BCUT2D eigenvalue weighted by Gasteiger charge is 2.34. The lowest BCUT2D eigenvalue weighted by atomic mass is 9.69. The molecule has 1 N–H and O–H groups in total. The molecule has 1 heteroatoms. The average Bonchev–Trinajstić information content (AvgIpc) is 2.25. The fraction of sp³-hybridized carbons (Fsp3) is 1.00. The van der Waals surface area contributed by atoms with E-state index >= 15 is 0 Å². The van der Waals surface area contributed by atoms with Crippen LogP contribution in [0.4, 0.5) is 0 Å². The summed E-state index contributed by atoms with van der Waals surface area (Å²) >= 11 is 0. The molecule has 1 rings (SSSR count). The number of rotatable bonds is 6. The van der Waals surface area contributed by atoms with E-state index in [2.05, 4.69) is 26.1 Å². The molecule has 1 atom stereocenters. The van der Waals surface area contributed by atoms with Crippen LogP contribution in [0.5, 0.6) is 0 Å². The van der Waals surface area contributed by atoms with Crippen molar-refractivity contribution in [1.82, 2.24) is 5.32 Å². The molecule has 0 aromatic carbocycles. The Balaban J connectivity index is 2.50. The summed E-state index contributed by atoms with van der Waals surface area (Å²) in [5.41, 5.74) is 0.587. The lowest BCUT2D eigenvalue weighted by Gasteiger charge is -2.41. The minimum atomic E-state index is 0.587. The molecule has 90 valence electrons. The van der Waals surface area contributed by atoms with E-state index in [1.807, 2.05) is 0 Å². The lowest BCUT2D eigenvalue weighted by Crippen LogP contribution is -2.45. The second-order valence-electron chi connectivity index (χ2n) is 5.51. The molecule has 0 aromatic heterocycles. The van der Waals surface area contributed by atoms with Gasteiger partial charge in [-0.15, -0.1) is 0 Å². The predicted molar refractivity (Wildman–Crippen MR) is 68.2 cm³/mol. The van der Waals surface area contributed by atoms with E-state index in [9.17, 15) is 0 Å². The second-order valence-corrected chi connectivity index (χ2v) is 5.51. The fourth-order valence-electron chi connectivity index (χ4n) is 3.01. The first kappa shape index (κ1) is 13.0. The number of hydrogen-bond acceptors (Lipinski definition) is 1. The van der Waals surface area contributed by atoms with Gasteiger partial charge in [0.15, 0.2) is 0 Å². The van der Waals surface area contributed by atoms with Crippen LogP contribution in [0.2, 0.25) is 0 Å². The van der Waals surface area contributed by atoms with Crippen LogP contribution in [0, 0.1) is 5.41 Å². The summed E-state index contributed by atoms with van der Waals surface area (Å²) in [7, 11) is 0. The van der Waals surface area contributed by atoms with Gasteiger partial charge >= 0.3 is 0 Å². The van der Waals surface area contributed by atoms with Gasteiger partial charge in [0.2, 0.25) is 0 Å². The molecule has 1 unspecified atom stereocenters. The smallest absolute Gasteiger partial charge is 0.0121 e. The number of nitrogens with one attached hydrogen (secondary N) is 1. The van der Waals surface area contributed by atoms with E-state index in [-0.39, 0.29) is 0 Å². The molecule has 1 aliphatic carbocycles. The maximum Gasteiger partial charge on any atom is 0.0121 e. The molecule has 0 heterocycles. The Bertz CT molecular complexity index is 159. The monoisotopic (exact) mass is 211 g/mol. The third kappa shape index (κ3) is 3.79. The Hall–Kier alpha value is -0.0400. The summed E-state index contributed by atoms with van der Waals surface area (Å²) in [4.78, 5) is 0. The van der Waals surface area contributed by atoms with Gasteiger partial charge in [0, 0.05) is 6.04 Å². The molecule has 0 aromatic rings. The van der Waals surface area contributed by atoms with Crippen LogP contribution in [0.1, 0.15) is 72.1 Å². The van der Waals surface area contributed by atoms with Crippen LogP contribution in [-0.4, -0.2) is 12.6 Å². The first-order valence-corrected chi connectivity index (χ1v) is 6.96. The van der Waals surface area contributed by atoms with Crippen LogP contribution < -0.4 is 5.32 Å². The van der Waals surface area contributed by atoms with Gasteiger partial charge in [-0.2, -0.15) is 0 Å².